The van der Waals surface area contributed by atoms with E-state index in [4.69, 9.17) is 5.73 Å². The van der Waals surface area contributed by atoms with Crippen molar-refractivity contribution in [1.82, 2.24) is 15.0 Å². The lowest BCUT2D eigenvalue weighted by atomic mass is 10.3. The summed E-state index contributed by atoms with van der Waals surface area (Å²) < 4.78 is 24.1. The largest absolute Gasteiger partial charge is 0.368 e. The number of nitrogens with two attached hydrogens (primary N) is 1. The molecule has 7 nitrogen and oxygen atoms in total. The zero-order valence-corrected chi connectivity index (χ0v) is 9.81. The monoisotopic (exact) mass is 254 g/mol. The molecule has 17 heavy (non-hydrogen) atoms. The Morgan fingerprint density at radius 1 is 1.47 bits per heavy atom. The third-order valence-corrected chi connectivity index (χ3v) is 3.33. The van der Waals surface area contributed by atoms with Crippen LogP contribution in [0.1, 0.15) is 0 Å². The van der Waals surface area contributed by atoms with Crippen LogP contribution >= 0.6 is 0 Å². The molecule has 8 heteroatoms. The van der Waals surface area contributed by atoms with Crippen molar-refractivity contribution in [3.63, 3.8) is 0 Å². The minimum Gasteiger partial charge on any atom is -0.368 e. The first kappa shape index (κ1) is 11.5. The number of hydrogen-bond acceptors (Lipinski definition) is 5. The van der Waals surface area contributed by atoms with Crippen molar-refractivity contribution in [1.29, 1.82) is 0 Å². The van der Waals surface area contributed by atoms with Crippen molar-refractivity contribution in [2.75, 3.05) is 6.26 Å². The number of nitrogens with zero attached hydrogens (tertiary/aromatic N) is 3. The number of carbonyl (C=O) groups is 1. The summed E-state index contributed by atoms with van der Waals surface area (Å²) in [7, 11) is -3.30. The van der Waals surface area contributed by atoms with Gasteiger partial charge >= 0.3 is 0 Å². The zero-order valence-electron chi connectivity index (χ0n) is 8.99. The van der Waals surface area contributed by atoms with Gasteiger partial charge in [-0.3, -0.25) is 4.79 Å². The molecule has 0 unspecified atom stereocenters. The molecule has 0 aliphatic rings. The highest BCUT2D eigenvalue weighted by atomic mass is 32.2. The van der Waals surface area contributed by atoms with Gasteiger partial charge in [0.05, 0.1) is 10.4 Å². The second kappa shape index (κ2) is 3.81. The van der Waals surface area contributed by atoms with Crippen LogP contribution in [-0.2, 0) is 21.2 Å². The Hall–Kier alpha value is -1.96. The molecule has 1 amide bonds. The van der Waals surface area contributed by atoms with Gasteiger partial charge in [0.15, 0.2) is 9.84 Å². The average Bonchev–Trinajstić information content (AvgIpc) is 2.59. The predicted molar refractivity (Wildman–Crippen MR) is 59.8 cm³/mol. The van der Waals surface area contributed by atoms with Crippen LogP contribution in [0.15, 0.2) is 23.1 Å². The lowest BCUT2D eigenvalue weighted by molar-refractivity contribution is -0.118. The van der Waals surface area contributed by atoms with Crippen molar-refractivity contribution in [2.45, 2.75) is 11.4 Å². The number of amides is 1. The van der Waals surface area contributed by atoms with Crippen molar-refractivity contribution >= 4 is 26.8 Å². The number of carbonyl (C=O) groups excluding carboxylic acids is 1. The molecule has 0 atom stereocenters. The van der Waals surface area contributed by atoms with E-state index in [2.05, 4.69) is 10.3 Å². The summed E-state index contributed by atoms with van der Waals surface area (Å²) in [5.41, 5.74) is 6.03. The van der Waals surface area contributed by atoms with Gasteiger partial charge in [0.2, 0.25) is 5.91 Å². The molecule has 0 saturated heterocycles. The number of fused-ring (bicyclic) bond motifs is 1. The zero-order chi connectivity index (χ0) is 12.6. The first-order chi connectivity index (χ1) is 7.88. The summed E-state index contributed by atoms with van der Waals surface area (Å²) in [5.74, 6) is -0.568. The van der Waals surface area contributed by atoms with E-state index in [0.717, 1.165) is 6.26 Å². The van der Waals surface area contributed by atoms with Crippen LogP contribution in [0.4, 0.5) is 0 Å². The van der Waals surface area contributed by atoms with E-state index in [1.54, 1.807) is 0 Å². The van der Waals surface area contributed by atoms with Crippen LogP contribution < -0.4 is 5.73 Å². The molecule has 90 valence electrons. The van der Waals surface area contributed by atoms with Crippen molar-refractivity contribution in [2.24, 2.45) is 5.73 Å². The Kier molecular flexibility index (Phi) is 2.58. The first-order valence-electron chi connectivity index (χ1n) is 4.69. The van der Waals surface area contributed by atoms with Crippen molar-refractivity contribution in [3.8, 4) is 0 Å². The summed E-state index contributed by atoms with van der Waals surface area (Å²) in [6.07, 6.45) is 1.11. The molecule has 0 bridgehead atoms. The smallest absolute Gasteiger partial charge is 0.239 e. The van der Waals surface area contributed by atoms with E-state index >= 15 is 0 Å². The second-order valence-corrected chi connectivity index (χ2v) is 5.65. The molecule has 2 rings (SSSR count). The highest BCUT2D eigenvalue weighted by molar-refractivity contribution is 7.90. The molecule has 1 heterocycles. The van der Waals surface area contributed by atoms with Crippen molar-refractivity contribution < 1.29 is 13.2 Å². The third-order valence-electron chi connectivity index (χ3n) is 2.22. The molecule has 2 aromatic rings. The molecule has 0 spiro atoms. The summed E-state index contributed by atoms with van der Waals surface area (Å²) >= 11 is 0. The molecular weight excluding hydrogens is 244 g/mol. The van der Waals surface area contributed by atoms with Gasteiger partial charge in [0, 0.05) is 6.26 Å². The normalized spacial score (nSPS) is 11.8. The molecule has 1 aromatic heterocycles. The van der Waals surface area contributed by atoms with Gasteiger partial charge in [-0.1, -0.05) is 5.21 Å². The van der Waals surface area contributed by atoms with E-state index in [1.165, 1.54) is 22.9 Å². The number of primary amides is 1. The van der Waals surface area contributed by atoms with Crippen LogP contribution in [0.2, 0.25) is 0 Å². The fourth-order valence-corrected chi connectivity index (χ4v) is 2.08. The number of aromatic nitrogens is 3. The quantitative estimate of drug-likeness (QED) is 0.780. The van der Waals surface area contributed by atoms with E-state index in [0.29, 0.717) is 11.0 Å². The summed E-state index contributed by atoms with van der Waals surface area (Å²) in [5, 5.41) is 7.53. The van der Waals surface area contributed by atoms with Gasteiger partial charge in [0.25, 0.3) is 0 Å². The van der Waals surface area contributed by atoms with E-state index in [9.17, 15) is 13.2 Å². The maximum atomic E-state index is 11.4. The van der Waals surface area contributed by atoms with Crippen LogP contribution in [0.5, 0.6) is 0 Å². The number of hydrogen-bond donors (Lipinski definition) is 1. The van der Waals surface area contributed by atoms with Crippen LogP contribution in [-0.4, -0.2) is 35.6 Å². The number of benzene rings is 1. The maximum absolute atomic E-state index is 11.4. The molecule has 0 saturated carbocycles. The van der Waals surface area contributed by atoms with Crippen molar-refractivity contribution in [3.05, 3.63) is 18.2 Å². The highest BCUT2D eigenvalue weighted by Crippen LogP contribution is 2.17. The van der Waals surface area contributed by atoms with E-state index in [-0.39, 0.29) is 11.4 Å². The van der Waals surface area contributed by atoms with Gasteiger partial charge in [-0.2, -0.15) is 0 Å². The Labute approximate surface area is 97.1 Å². The molecule has 2 N–H and O–H groups in total. The Morgan fingerprint density at radius 3 is 2.76 bits per heavy atom. The number of sulfone groups is 1. The molecule has 1 aromatic carbocycles. The molecule has 0 aliphatic heterocycles. The van der Waals surface area contributed by atoms with Gasteiger partial charge in [-0.15, -0.1) is 5.10 Å². The maximum Gasteiger partial charge on any atom is 0.239 e. The second-order valence-electron chi connectivity index (χ2n) is 3.64. The van der Waals surface area contributed by atoms with Gasteiger partial charge in [-0.25, -0.2) is 13.1 Å². The average molecular weight is 254 g/mol. The first-order valence-corrected chi connectivity index (χ1v) is 6.58. The minimum absolute atomic E-state index is 0.135. The number of rotatable bonds is 3. The topological polar surface area (TPSA) is 108 Å². The van der Waals surface area contributed by atoms with Crippen LogP contribution in [0.3, 0.4) is 0 Å². The fourth-order valence-electron chi connectivity index (χ4n) is 1.44. The lowest BCUT2D eigenvalue weighted by Crippen LogP contribution is -2.19. The van der Waals surface area contributed by atoms with Crippen LogP contribution in [0, 0.1) is 0 Å². The molecule has 0 fully saturated rings. The summed E-state index contributed by atoms with van der Waals surface area (Å²) in [6, 6.07) is 4.41. The Morgan fingerprint density at radius 2 is 2.18 bits per heavy atom. The fraction of sp³-hybridized carbons (Fsp3) is 0.222. The standard InChI is InChI=1S/C9H10N4O3S/c1-17(15,16)6-2-3-7-8(4-6)13(12-11-7)5-9(10)14/h2-4H,5H2,1H3,(H2,10,14). The highest BCUT2D eigenvalue weighted by Gasteiger charge is 2.12. The molecular formula is C9H10N4O3S. The van der Waals surface area contributed by atoms with E-state index < -0.39 is 15.7 Å². The van der Waals surface area contributed by atoms with E-state index in [1.807, 2.05) is 0 Å². The molecule has 0 aliphatic carbocycles. The van der Waals surface area contributed by atoms with Gasteiger partial charge in [0.1, 0.15) is 12.1 Å². The van der Waals surface area contributed by atoms with Crippen LogP contribution in [0.25, 0.3) is 11.0 Å². The Bertz CT molecular complexity index is 689. The summed E-state index contributed by atoms with van der Waals surface area (Å²) in [4.78, 5) is 11.0. The SMILES string of the molecule is CS(=O)(=O)c1ccc2nnn(CC(N)=O)c2c1. The van der Waals surface area contributed by atoms with Gasteiger partial charge < -0.3 is 5.73 Å². The summed E-state index contributed by atoms with van der Waals surface area (Å²) in [6.45, 7) is -0.135. The molecule has 0 radical (unpaired) electrons. The lowest BCUT2D eigenvalue weighted by Gasteiger charge is -2.00. The Balaban J connectivity index is 2.62. The minimum atomic E-state index is -3.30. The third kappa shape index (κ3) is 2.26. The van der Waals surface area contributed by atoms with Gasteiger partial charge in [-0.05, 0) is 18.2 Å². The predicted octanol–water partition coefficient (Wildman–Crippen LogP) is -0.680.